The van der Waals surface area contributed by atoms with Gasteiger partial charge in [-0.2, -0.15) is 0 Å². The fourth-order valence-corrected chi connectivity index (χ4v) is 7.10. The number of hydrogen-bond acceptors (Lipinski definition) is 14. The van der Waals surface area contributed by atoms with E-state index < -0.39 is 115 Å². The van der Waals surface area contributed by atoms with Crippen molar-refractivity contribution in [2.45, 2.75) is 71.7 Å². The highest BCUT2D eigenvalue weighted by Crippen LogP contribution is 2.37. The van der Waals surface area contributed by atoms with Crippen LogP contribution >= 0.6 is 0 Å². The van der Waals surface area contributed by atoms with Crippen LogP contribution in [0, 0.1) is 42.4 Å². The van der Waals surface area contributed by atoms with Gasteiger partial charge in [-0.25, -0.2) is 0 Å². The number of cyclic esters (lactones) is 2. The topological polar surface area (TPSA) is 232 Å². The zero-order chi connectivity index (χ0) is 42.6. The first-order valence-electron chi connectivity index (χ1n) is 18.4. The molecule has 1 saturated heterocycles. The van der Waals surface area contributed by atoms with E-state index in [4.69, 9.17) is 28.4 Å². The predicted molar refractivity (Wildman–Crippen MR) is 198 cm³/mol. The number of carboxylic acid groups (broad SMARTS) is 2. The summed E-state index contributed by atoms with van der Waals surface area (Å²) in [5.74, 6) is -16.6. The number of ketones is 2. The van der Waals surface area contributed by atoms with E-state index in [0.29, 0.717) is 5.56 Å². The summed E-state index contributed by atoms with van der Waals surface area (Å²) in [4.78, 5) is 104. The van der Waals surface area contributed by atoms with Gasteiger partial charge < -0.3 is 38.6 Å². The van der Waals surface area contributed by atoms with Gasteiger partial charge in [-0.1, -0.05) is 43.7 Å². The van der Waals surface area contributed by atoms with E-state index >= 15 is 0 Å². The lowest BCUT2D eigenvalue weighted by atomic mass is 9.75. The predicted octanol–water partition coefficient (Wildman–Crippen LogP) is 4.12. The van der Waals surface area contributed by atoms with Gasteiger partial charge in [-0.05, 0) is 57.4 Å². The third-order valence-electron chi connectivity index (χ3n) is 10.3. The summed E-state index contributed by atoms with van der Waals surface area (Å²) in [5.41, 5.74) is 1.51. The Labute approximate surface area is 330 Å². The minimum atomic E-state index is -1.70. The molecule has 9 atom stereocenters. The number of carbonyl (C=O) groups is 8. The fraction of sp³-hybridized carbons (Fsp3) is 0.512. The number of aryl methyl sites for hydroxylation is 1. The lowest BCUT2D eigenvalue weighted by molar-refractivity contribution is -0.170. The van der Waals surface area contributed by atoms with Gasteiger partial charge in [0.2, 0.25) is 0 Å². The zero-order valence-electron chi connectivity index (χ0n) is 33.0. The van der Waals surface area contributed by atoms with Crippen LogP contribution in [-0.2, 0) is 52.5 Å². The highest BCUT2D eigenvalue weighted by molar-refractivity contribution is 6.13. The van der Waals surface area contributed by atoms with Crippen molar-refractivity contribution in [3.05, 3.63) is 65.2 Å². The molecule has 1 aliphatic rings. The molecule has 2 aromatic rings. The fourth-order valence-electron chi connectivity index (χ4n) is 7.10. The first-order chi connectivity index (χ1) is 27.0. The maximum absolute atomic E-state index is 13.9. The third-order valence-corrected chi connectivity index (χ3v) is 10.3. The van der Waals surface area contributed by atoms with Crippen molar-refractivity contribution >= 4 is 47.4 Å². The van der Waals surface area contributed by atoms with Gasteiger partial charge in [0.25, 0.3) is 0 Å². The maximum atomic E-state index is 13.9. The first-order valence-corrected chi connectivity index (χ1v) is 18.4. The molecular formula is C41H50O16. The molecule has 9 unspecified atom stereocenters. The lowest BCUT2D eigenvalue weighted by Crippen LogP contribution is -2.48. The average molecular weight is 799 g/mol. The smallest absolute Gasteiger partial charge is 0.320 e. The second-order valence-electron chi connectivity index (χ2n) is 13.8. The molecule has 0 saturated carbocycles. The summed E-state index contributed by atoms with van der Waals surface area (Å²) in [6.45, 7) is 6.23. The number of ether oxygens (including phenoxy) is 6. The van der Waals surface area contributed by atoms with Gasteiger partial charge in [-0.3, -0.25) is 38.4 Å². The number of Topliss-reactive ketones (excluding diaryl/α,β-unsaturated/α-hetero) is 2. The molecule has 0 aromatic heterocycles. The van der Waals surface area contributed by atoms with Crippen LogP contribution in [0.2, 0.25) is 0 Å². The number of hydrogen-bond donors (Lipinski definition) is 2. The number of methoxy groups -OCH3 is 3. The Morgan fingerprint density at radius 2 is 1.21 bits per heavy atom. The van der Waals surface area contributed by atoms with Crippen LogP contribution in [0.3, 0.4) is 0 Å². The standard InChI is InChI=1S/C41H50O16/c1-8-30(52-5)34(41(51)56-25-16-14-24(15-17-25)29(43)20-28(42)23-12-10-21(3)11-13-23)26(36(44)45)19-32(54-7)35(39(49)55-9-2)27(37(46)47)18-31(53-6)33-22(4)38(48)57-40(33)50/h10-17,22,26-27,30-35H,8-9,18-20H2,1-7H3,(H,44,45)(H,46,47). The highest BCUT2D eigenvalue weighted by atomic mass is 16.6. The molecule has 0 radical (unpaired) electrons. The van der Waals surface area contributed by atoms with Gasteiger partial charge in [0, 0.05) is 32.5 Å². The zero-order valence-corrected chi connectivity index (χ0v) is 33.0. The van der Waals surface area contributed by atoms with Crippen molar-refractivity contribution in [1.29, 1.82) is 0 Å². The Bertz CT molecular complexity index is 1760. The number of benzene rings is 2. The quantitative estimate of drug-likeness (QED) is 0.0696. The number of carbonyl (C=O) groups excluding carboxylic acids is 6. The molecular weight excluding hydrogens is 748 g/mol. The highest BCUT2D eigenvalue weighted by Gasteiger charge is 2.51. The molecule has 0 amide bonds. The van der Waals surface area contributed by atoms with Crippen molar-refractivity contribution in [1.82, 2.24) is 0 Å². The molecule has 0 spiro atoms. The van der Waals surface area contributed by atoms with Crippen molar-refractivity contribution in [3.8, 4) is 5.75 Å². The van der Waals surface area contributed by atoms with Crippen molar-refractivity contribution in [3.63, 3.8) is 0 Å². The second-order valence-corrected chi connectivity index (χ2v) is 13.8. The molecule has 2 N–H and O–H groups in total. The maximum Gasteiger partial charge on any atom is 0.320 e. The van der Waals surface area contributed by atoms with Crippen molar-refractivity contribution in [2.24, 2.45) is 35.5 Å². The molecule has 16 nitrogen and oxygen atoms in total. The van der Waals surface area contributed by atoms with E-state index in [1.165, 1.54) is 52.3 Å². The molecule has 1 aliphatic heterocycles. The Balaban J connectivity index is 1.92. The van der Waals surface area contributed by atoms with Crippen LogP contribution in [0.25, 0.3) is 0 Å². The number of rotatable bonds is 23. The summed E-state index contributed by atoms with van der Waals surface area (Å²) >= 11 is 0. The van der Waals surface area contributed by atoms with Crippen LogP contribution < -0.4 is 4.74 Å². The summed E-state index contributed by atoms with van der Waals surface area (Å²) in [7, 11) is 3.60. The van der Waals surface area contributed by atoms with Gasteiger partial charge in [0.1, 0.15) is 5.75 Å². The summed E-state index contributed by atoms with van der Waals surface area (Å²) < 4.78 is 32.2. The summed E-state index contributed by atoms with van der Waals surface area (Å²) in [6.07, 6.45) is -5.17. The van der Waals surface area contributed by atoms with Crippen LogP contribution in [0.1, 0.15) is 72.7 Å². The monoisotopic (exact) mass is 798 g/mol. The Kier molecular flexibility index (Phi) is 17.2. The molecule has 57 heavy (non-hydrogen) atoms. The molecule has 2 aromatic carbocycles. The van der Waals surface area contributed by atoms with E-state index in [0.717, 1.165) is 12.7 Å². The second kappa shape index (κ2) is 21.3. The van der Waals surface area contributed by atoms with Crippen molar-refractivity contribution in [2.75, 3.05) is 27.9 Å². The SMILES string of the molecule is CCOC(=O)C(C(CC(C(=O)O)C(C(=O)Oc1ccc(C(=O)CC(=O)c2ccc(C)cc2)cc1)C(CC)OC)OC)C(CC(OC)C1C(=O)OC(=O)C1C)C(=O)O. The first kappa shape index (κ1) is 46.1. The van der Waals surface area contributed by atoms with Crippen molar-refractivity contribution < 1.29 is 77.0 Å². The summed E-state index contributed by atoms with van der Waals surface area (Å²) in [5, 5.41) is 21.0. The Hall–Kier alpha value is -5.32. The van der Waals surface area contributed by atoms with Crippen LogP contribution in [0.15, 0.2) is 48.5 Å². The molecule has 1 fully saturated rings. The largest absolute Gasteiger partial charge is 0.481 e. The molecule has 310 valence electrons. The Morgan fingerprint density at radius 3 is 1.65 bits per heavy atom. The molecule has 1 heterocycles. The van der Waals surface area contributed by atoms with Gasteiger partial charge in [-0.15, -0.1) is 0 Å². The van der Waals surface area contributed by atoms with Crippen LogP contribution in [0.5, 0.6) is 5.75 Å². The van der Waals surface area contributed by atoms with Crippen LogP contribution in [-0.4, -0.2) is 104 Å². The molecule has 3 rings (SSSR count). The lowest BCUT2D eigenvalue weighted by Gasteiger charge is -2.35. The minimum absolute atomic E-state index is 0.0519. The van der Waals surface area contributed by atoms with Gasteiger partial charge in [0.15, 0.2) is 11.6 Å². The van der Waals surface area contributed by atoms with Gasteiger partial charge >= 0.3 is 35.8 Å². The van der Waals surface area contributed by atoms with Crippen LogP contribution in [0.4, 0.5) is 0 Å². The molecule has 0 bridgehead atoms. The Morgan fingerprint density at radius 1 is 0.702 bits per heavy atom. The van der Waals surface area contributed by atoms with Gasteiger partial charge in [0.05, 0.1) is 66.8 Å². The van der Waals surface area contributed by atoms with E-state index in [1.54, 1.807) is 31.2 Å². The normalized spacial score (nSPS) is 18.9. The number of carboxylic acids is 2. The molecule has 16 heteroatoms. The molecule has 0 aliphatic carbocycles. The van der Waals surface area contributed by atoms with E-state index in [1.807, 2.05) is 6.92 Å². The van der Waals surface area contributed by atoms with E-state index in [-0.39, 0.29) is 30.1 Å². The number of aliphatic carboxylic acids is 2. The average Bonchev–Trinajstić information content (AvgIpc) is 3.43. The van der Waals surface area contributed by atoms with E-state index in [2.05, 4.69) is 0 Å². The minimum Gasteiger partial charge on any atom is -0.481 e. The third kappa shape index (κ3) is 11.6. The number of esters is 4. The summed E-state index contributed by atoms with van der Waals surface area (Å²) in [6, 6.07) is 12.1. The van der Waals surface area contributed by atoms with E-state index in [9.17, 15) is 48.6 Å².